The van der Waals surface area contributed by atoms with Gasteiger partial charge in [0.15, 0.2) is 0 Å². The van der Waals surface area contributed by atoms with Gasteiger partial charge in [-0.1, -0.05) is 72.8 Å². The number of nitrogens with zero attached hydrogens (tertiary/aromatic N) is 2. The minimum atomic E-state index is -0.288. The Morgan fingerprint density at radius 1 is 0.771 bits per heavy atom. The molecule has 2 aromatic rings. The lowest BCUT2D eigenvalue weighted by molar-refractivity contribution is -0.141. The van der Waals surface area contributed by atoms with Crippen molar-refractivity contribution in [2.75, 3.05) is 13.1 Å². The number of allylic oxidation sites excluding steroid dienone is 2. The minimum Gasteiger partial charge on any atom is -0.342 e. The molecule has 0 aromatic heterocycles. The van der Waals surface area contributed by atoms with Gasteiger partial charge in [-0.05, 0) is 53.6 Å². The van der Waals surface area contributed by atoms with E-state index in [0.717, 1.165) is 31.5 Å². The quantitative estimate of drug-likeness (QED) is 0.508. The van der Waals surface area contributed by atoms with Gasteiger partial charge in [0.2, 0.25) is 17.7 Å². The maximum absolute atomic E-state index is 13.6. The molecular formula is C30H30N2O3. The first kappa shape index (κ1) is 21.1. The van der Waals surface area contributed by atoms with Crippen LogP contribution >= 0.6 is 0 Å². The van der Waals surface area contributed by atoms with Crippen molar-refractivity contribution >= 4 is 17.7 Å². The van der Waals surface area contributed by atoms with Crippen molar-refractivity contribution in [1.82, 2.24) is 9.80 Å². The van der Waals surface area contributed by atoms with Gasteiger partial charge in [0, 0.05) is 19.0 Å². The van der Waals surface area contributed by atoms with E-state index in [4.69, 9.17) is 0 Å². The van der Waals surface area contributed by atoms with Gasteiger partial charge in [-0.25, -0.2) is 0 Å². The second kappa shape index (κ2) is 7.91. The molecule has 6 atom stereocenters. The molecular weight excluding hydrogens is 436 g/mol. The molecule has 5 heteroatoms. The molecule has 2 saturated carbocycles. The van der Waals surface area contributed by atoms with E-state index >= 15 is 0 Å². The van der Waals surface area contributed by atoms with E-state index in [0.29, 0.717) is 12.5 Å². The molecule has 4 fully saturated rings. The number of piperidine rings is 1. The third kappa shape index (κ3) is 3.17. The molecule has 6 aliphatic rings. The zero-order valence-electron chi connectivity index (χ0n) is 19.7. The Morgan fingerprint density at radius 2 is 1.31 bits per heavy atom. The predicted octanol–water partition coefficient (Wildman–Crippen LogP) is 3.87. The number of carbonyl (C=O) groups excluding carboxylic acids is 3. The number of imide groups is 1. The molecule has 6 unspecified atom stereocenters. The third-order valence-electron chi connectivity index (χ3n) is 9.44. The van der Waals surface area contributed by atoms with Crippen molar-refractivity contribution < 1.29 is 14.4 Å². The van der Waals surface area contributed by atoms with Crippen LogP contribution in [0.15, 0.2) is 72.8 Å². The lowest BCUT2D eigenvalue weighted by Crippen LogP contribution is -2.40. The summed E-state index contributed by atoms with van der Waals surface area (Å²) in [5, 5.41) is 0. The molecule has 0 N–H and O–H groups in total. The molecule has 0 spiro atoms. The Balaban J connectivity index is 1.05. The summed E-state index contributed by atoms with van der Waals surface area (Å²) in [5.41, 5.74) is 2.34. The number of hydrogen-bond acceptors (Lipinski definition) is 3. The van der Waals surface area contributed by atoms with Gasteiger partial charge < -0.3 is 4.90 Å². The molecule has 5 nitrogen and oxygen atoms in total. The molecule has 3 amide bonds. The van der Waals surface area contributed by atoms with Crippen LogP contribution in [0.25, 0.3) is 0 Å². The Labute approximate surface area is 205 Å². The fourth-order valence-corrected chi connectivity index (χ4v) is 7.79. The Bertz CT molecular complexity index is 1160. The third-order valence-corrected chi connectivity index (χ3v) is 9.44. The summed E-state index contributed by atoms with van der Waals surface area (Å²) in [6.45, 7) is 1.94. The highest BCUT2D eigenvalue weighted by molar-refractivity contribution is 6.06. The highest BCUT2D eigenvalue weighted by Crippen LogP contribution is 2.69. The summed E-state index contributed by atoms with van der Waals surface area (Å²) >= 11 is 0. The van der Waals surface area contributed by atoms with Gasteiger partial charge in [-0.3, -0.25) is 19.3 Å². The fourth-order valence-electron chi connectivity index (χ4n) is 7.79. The molecule has 4 aliphatic carbocycles. The van der Waals surface area contributed by atoms with Gasteiger partial charge in [0.25, 0.3) is 0 Å². The molecule has 0 radical (unpaired) electrons. The minimum absolute atomic E-state index is 0.0167. The van der Waals surface area contributed by atoms with E-state index in [9.17, 15) is 14.4 Å². The molecule has 8 rings (SSSR count). The van der Waals surface area contributed by atoms with Gasteiger partial charge in [0.1, 0.15) is 0 Å². The predicted molar refractivity (Wildman–Crippen MR) is 131 cm³/mol. The first-order valence-electron chi connectivity index (χ1n) is 13.0. The molecule has 2 bridgehead atoms. The number of benzene rings is 2. The summed E-state index contributed by atoms with van der Waals surface area (Å²) in [4.78, 5) is 44.0. The first-order valence-corrected chi connectivity index (χ1v) is 13.0. The number of amides is 3. The van der Waals surface area contributed by atoms with Crippen molar-refractivity contribution in [3.05, 3.63) is 83.9 Å². The Hall–Kier alpha value is -3.21. The molecule has 2 aromatic carbocycles. The summed E-state index contributed by atoms with van der Waals surface area (Å²) < 4.78 is 0. The van der Waals surface area contributed by atoms with Crippen LogP contribution in [0.4, 0.5) is 0 Å². The van der Waals surface area contributed by atoms with Crippen LogP contribution in [-0.2, 0) is 20.9 Å². The number of hydrogen-bond donors (Lipinski definition) is 0. The van der Waals surface area contributed by atoms with Gasteiger partial charge in [0.05, 0.1) is 18.4 Å². The van der Waals surface area contributed by atoms with Crippen LogP contribution in [0.5, 0.6) is 0 Å². The second-order valence-corrected chi connectivity index (χ2v) is 11.0. The van der Waals surface area contributed by atoms with Crippen LogP contribution in [0.2, 0.25) is 0 Å². The van der Waals surface area contributed by atoms with Crippen molar-refractivity contribution in [2.24, 2.45) is 41.4 Å². The first-order chi connectivity index (χ1) is 17.1. The maximum Gasteiger partial charge on any atom is 0.234 e. The van der Waals surface area contributed by atoms with Crippen molar-refractivity contribution in [2.45, 2.75) is 25.3 Å². The van der Waals surface area contributed by atoms with Crippen LogP contribution in [0.1, 0.15) is 29.9 Å². The molecule has 178 valence electrons. The normalized spacial score (nSPS) is 35.3. The zero-order chi connectivity index (χ0) is 23.7. The van der Waals surface area contributed by atoms with Crippen LogP contribution in [-0.4, -0.2) is 40.6 Å². The molecule has 2 heterocycles. The van der Waals surface area contributed by atoms with E-state index in [1.807, 2.05) is 36.4 Å². The zero-order valence-corrected chi connectivity index (χ0v) is 19.7. The maximum atomic E-state index is 13.6. The average molecular weight is 467 g/mol. The Morgan fingerprint density at radius 3 is 1.89 bits per heavy atom. The van der Waals surface area contributed by atoms with Crippen molar-refractivity contribution in [3.8, 4) is 0 Å². The van der Waals surface area contributed by atoms with Crippen molar-refractivity contribution in [3.63, 3.8) is 0 Å². The van der Waals surface area contributed by atoms with Gasteiger partial charge in [-0.15, -0.1) is 0 Å². The SMILES string of the molecule is O=C(C1C2C3C=CC(C4C(=O)N(Cc5ccccc5)C(=O)C34)C12)N1CCC(c2ccccc2)CC1. The molecule has 35 heavy (non-hydrogen) atoms. The summed E-state index contributed by atoms with van der Waals surface area (Å²) in [5.74, 6) is 0.571. The standard InChI is InChI=1S/C30H30N2O3/c33-28(31-15-13-20(14-16-31)19-9-5-2-6-10-19)27-23-21-11-12-22(24(23)27)26-25(21)29(34)32(30(26)35)17-18-7-3-1-4-8-18/h1-12,20-27H,13-17H2. The van der Waals surface area contributed by atoms with Crippen LogP contribution in [0, 0.1) is 41.4 Å². The highest BCUT2D eigenvalue weighted by atomic mass is 16.2. The number of carbonyl (C=O) groups is 3. The summed E-state index contributed by atoms with van der Waals surface area (Å²) in [6.07, 6.45) is 6.30. The van der Waals surface area contributed by atoms with E-state index in [1.165, 1.54) is 10.5 Å². The average Bonchev–Trinajstić information content (AvgIpc) is 3.64. The van der Waals surface area contributed by atoms with Crippen LogP contribution in [0.3, 0.4) is 0 Å². The highest BCUT2D eigenvalue weighted by Gasteiger charge is 2.73. The Kier molecular flexibility index (Phi) is 4.77. The molecule has 2 aliphatic heterocycles. The second-order valence-electron chi connectivity index (χ2n) is 11.0. The topological polar surface area (TPSA) is 57.7 Å². The monoisotopic (exact) mass is 466 g/mol. The smallest absolute Gasteiger partial charge is 0.234 e. The fraction of sp³-hybridized carbons (Fsp3) is 0.433. The number of rotatable bonds is 4. The summed E-state index contributed by atoms with van der Waals surface area (Å²) in [6, 6.07) is 20.3. The van der Waals surface area contributed by atoms with Crippen molar-refractivity contribution in [1.29, 1.82) is 0 Å². The lowest BCUT2D eigenvalue weighted by atomic mass is 9.63. The van der Waals surface area contributed by atoms with E-state index < -0.39 is 0 Å². The van der Waals surface area contributed by atoms with Crippen LogP contribution < -0.4 is 0 Å². The number of likely N-dealkylation sites (tertiary alicyclic amines) is 2. The lowest BCUT2D eigenvalue weighted by Gasteiger charge is -2.37. The summed E-state index contributed by atoms with van der Waals surface area (Å²) in [7, 11) is 0. The van der Waals surface area contributed by atoms with E-state index in [-0.39, 0.29) is 59.1 Å². The van der Waals surface area contributed by atoms with Gasteiger partial charge in [-0.2, -0.15) is 0 Å². The largest absolute Gasteiger partial charge is 0.342 e. The van der Waals surface area contributed by atoms with E-state index in [2.05, 4.69) is 41.3 Å². The van der Waals surface area contributed by atoms with E-state index in [1.54, 1.807) is 0 Å². The molecule has 2 saturated heterocycles. The van der Waals surface area contributed by atoms with Gasteiger partial charge >= 0.3 is 0 Å².